The molecule has 3 heterocycles. The number of aryl methyl sites for hydroxylation is 1. The zero-order valence-electron chi connectivity index (χ0n) is 17.6. The van der Waals surface area contributed by atoms with Crippen molar-refractivity contribution in [1.29, 1.82) is 0 Å². The minimum atomic E-state index is -0.918. The lowest BCUT2D eigenvalue weighted by molar-refractivity contribution is -0.153. The summed E-state index contributed by atoms with van der Waals surface area (Å²) >= 11 is 0. The van der Waals surface area contributed by atoms with Gasteiger partial charge in [-0.1, -0.05) is 12.1 Å². The fourth-order valence-corrected chi connectivity index (χ4v) is 3.91. The molecule has 0 saturated carbocycles. The van der Waals surface area contributed by atoms with Crippen LogP contribution in [-0.2, 0) is 9.53 Å². The van der Waals surface area contributed by atoms with E-state index in [1.54, 1.807) is 24.3 Å². The van der Waals surface area contributed by atoms with Gasteiger partial charge < -0.3 is 28.3 Å². The highest BCUT2D eigenvalue weighted by Crippen LogP contribution is 2.35. The number of ether oxygens (including phenoxy) is 5. The lowest BCUT2D eigenvalue weighted by atomic mass is 10.1. The second kappa shape index (κ2) is 7.96. The first kappa shape index (κ1) is 20.0. The molecule has 2 aliphatic rings. The topological polar surface area (TPSA) is 85.2 Å². The van der Waals surface area contributed by atoms with Crippen LogP contribution in [0.25, 0.3) is 5.69 Å². The van der Waals surface area contributed by atoms with E-state index >= 15 is 0 Å². The van der Waals surface area contributed by atoms with Gasteiger partial charge >= 0.3 is 5.97 Å². The summed E-state index contributed by atoms with van der Waals surface area (Å²) in [5, 5.41) is 0. The Bertz CT molecular complexity index is 1210. The summed E-state index contributed by atoms with van der Waals surface area (Å²) in [6, 6.07) is 14.5. The molecule has 5 rings (SSSR count). The predicted octanol–water partition coefficient (Wildman–Crippen LogP) is 3.39. The largest absolute Gasteiger partial charge is 0.485 e. The first-order valence-electron chi connectivity index (χ1n) is 10.2. The minimum absolute atomic E-state index is 0.0304. The highest BCUT2D eigenvalue weighted by Gasteiger charge is 2.29. The molecular weight excluding hydrogens is 414 g/mol. The lowest BCUT2D eigenvalue weighted by Crippen LogP contribution is -2.38. The fourth-order valence-electron chi connectivity index (χ4n) is 3.91. The van der Waals surface area contributed by atoms with Crippen LogP contribution < -0.4 is 18.9 Å². The van der Waals surface area contributed by atoms with Crippen molar-refractivity contribution in [1.82, 2.24) is 4.57 Å². The molecule has 0 spiro atoms. The monoisotopic (exact) mass is 435 g/mol. The van der Waals surface area contributed by atoms with Crippen molar-refractivity contribution < 1.29 is 33.3 Å². The van der Waals surface area contributed by atoms with Gasteiger partial charge in [-0.2, -0.15) is 0 Å². The number of Topliss-reactive ketones (excluding diaryl/α,β-unsaturated/α-hetero) is 1. The number of rotatable bonds is 5. The third-order valence-electron chi connectivity index (χ3n) is 5.46. The fraction of sp³-hybridized carbons (Fsp3) is 0.250. The summed E-state index contributed by atoms with van der Waals surface area (Å²) in [7, 11) is 0. The highest BCUT2D eigenvalue weighted by molar-refractivity contribution is 5.99. The van der Waals surface area contributed by atoms with E-state index in [2.05, 4.69) is 0 Å². The van der Waals surface area contributed by atoms with E-state index < -0.39 is 12.1 Å². The normalized spacial score (nSPS) is 16.0. The van der Waals surface area contributed by atoms with Crippen molar-refractivity contribution in [3.63, 3.8) is 0 Å². The summed E-state index contributed by atoms with van der Waals surface area (Å²) < 4.78 is 29.2. The Kier molecular flexibility index (Phi) is 4.97. The van der Waals surface area contributed by atoms with Crippen LogP contribution in [0.4, 0.5) is 0 Å². The molecule has 164 valence electrons. The lowest BCUT2D eigenvalue weighted by Gasteiger charge is -2.24. The van der Waals surface area contributed by atoms with Crippen molar-refractivity contribution in [2.75, 3.05) is 20.0 Å². The average Bonchev–Trinajstić information content (AvgIpc) is 3.39. The third kappa shape index (κ3) is 3.53. The van der Waals surface area contributed by atoms with E-state index in [9.17, 15) is 9.59 Å². The van der Waals surface area contributed by atoms with Gasteiger partial charge in [0, 0.05) is 28.7 Å². The number of benzene rings is 2. The van der Waals surface area contributed by atoms with Gasteiger partial charge in [-0.15, -0.1) is 0 Å². The van der Waals surface area contributed by atoms with E-state index in [1.807, 2.05) is 42.7 Å². The maximum Gasteiger partial charge on any atom is 0.351 e. The van der Waals surface area contributed by atoms with E-state index in [-0.39, 0.29) is 25.8 Å². The number of aromatic nitrogens is 1. The van der Waals surface area contributed by atoms with Crippen molar-refractivity contribution in [2.24, 2.45) is 0 Å². The van der Waals surface area contributed by atoms with Gasteiger partial charge in [-0.3, -0.25) is 4.79 Å². The predicted molar refractivity (Wildman–Crippen MR) is 113 cm³/mol. The van der Waals surface area contributed by atoms with Gasteiger partial charge in [-0.05, 0) is 44.2 Å². The first-order valence-corrected chi connectivity index (χ1v) is 10.2. The van der Waals surface area contributed by atoms with E-state index in [1.165, 1.54) is 0 Å². The Morgan fingerprint density at radius 3 is 2.56 bits per heavy atom. The molecule has 0 aliphatic carbocycles. The van der Waals surface area contributed by atoms with Crippen LogP contribution in [0.5, 0.6) is 23.0 Å². The van der Waals surface area contributed by atoms with Crippen LogP contribution >= 0.6 is 0 Å². The number of hydrogen-bond acceptors (Lipinski definition) is 7. The number of esters is 1. The molecule has 32 heavy (non-hydrogen) atoms. The van der Waals surface area contributed by atoms with Gasteiger partial charge in [0.25, 0.3) is 0 Å². The molecule has 1 aromatic heterocycles. The van der Waals surface area contributed by atoms with E-state index in [0.717, 1.165) is 17.1 Å². The Morgan fingerprint density at radius 2 is 1.72 bits per heavy atom. The molecule has 0 saturated heterocycles. The van der Waals surface area contributed by atoms with Gasteiger partial charge in [-0.25, -0.2) is 4.79 Å². The van der Waals surface area contributed by atoms with Crippen molar-refractivity contribution in [3.05, 3.63) is 65.5 Å². The molecule has 0 bridgehead atoms. The SMILES string of the molecule is Cc1cc(C(=O)COC(=O)C2COc3ccccc3O2)c(C)n1-c1ccc2c(c1)OCO2. The Hall–Kier alpha value is -3.94. The number of nitrogens with zero attached hydrogens (tertiary/aromatic N) is 1. The van der Waals surface area contributed by atoms with Gasteiger partial charge in [0.1, 0.15) is 6.61 Å². The minimum Gasteiger partial charge on any atom is -0.485 e. The molecule has 8 nitrogen and oxygen atoms in total. The summed E-state index contributed by atoms with van der Waals surface area (Å²) in [6.45, 7) is 3.60. The van der Waals surface area contributed by atoms with Crippen molar-refractivity contribution in [2.45, 2.75) is 20.0 Å². The smallest absolute Gasteiger partial charge is 0.351 e. The summed E-state index contributed by atoms with van der Waals surface area (Å²) in [5.41, 5.74) is 2.95. The zero-order valence-corrected chi connectivity index (χ0v) is 17.6. The number of hydrogen-bond donors (Lipinski definition) is 0. The van der Waals surface area contributed by atoms with Crippen LogP contribution in [0.2, 0.25) is 0 Å². The quantitative estimate of drug-likeness (QED) is 0.449. The second-order valence-electron chi connectivity index (χ2n) is 7.55. The van der Waals surface area contributed by atoms with Gasteiger partial charge in [0.05, 0.1) is 0 Å². The maximum atomic E-state index is 12.8. The molecule has 1 atom stereocenters. The molecule has 3 aromatic rings. The average molecular weight is 435 g/mol. The molecule has 1 unspecified atom stereocenters. The van der Waals surface area contributed by atoms with Crippen LogP contribution in [0.3, 0.4) is 0 Å². The molecule has 2 aliphatic heterocycles. The second-order valence-corrected chi connectivity index (χ2v) is 7.55. The van der Waals surface area contributed by atoms with Gasteiger partial charge in [0.15, 0.2) is 29.6 Å². The Morgan fingerprint density at radius 1 is 0.969 bits per heavy atom. The van der Waals surface area contributed by atoms with Crippen LogP contribution in [-0.4, -0.2) is 42.4 Å². The Balaban J connectivity index is 1.27. The third-order valence-corrected chi connectivity index (χ3v) is 5.46. The molecule has 2 aromatic carbocycles. The van der Waals surface area contributed by atoms with E-state index in [4.69, 9.17) is 23.7 Å². The Labute approximate surface area is 184 Å². The van der Waals surface area contributed by atoms with Crippen molar-refractivity contribution in [3.8, 4) is 28.7 Å². The van der Waals surface area contributed by atoms with E-state index in [0.29, 0.717) is 28.6 Å². The van der Waals surface area contributed by atoms with Crippen molar-refractivity contribution >= 4 is 11.8 Å². The summed E-state index contributed by atoms with van der Waals surface area (Å²) in [6.07, 6.45) is -0.918. The molecule has 0 radical (unpaired) electrons. The molecule has 8 heteroatoms. The molecule has 0 amide bonds. The summed E-state index contributed by atoms with van der Waals surface area (Å²) in [4.78, 5) is 25.2. The summed E-state index contributed by atoms with van der Waals surface area (Å²) in [5.74, 6) is 1.46. The molecular formula is C24H21NO7. The molecule has 0 fully saturated rings. The number of fused-ring (bicyclic) bond motifs is 2. The standard InChI is InChI=1S/C24H21NO7/c1-14-9-17(15(2)25(14)16-7-8-20-22(10-16)31-13-30-20)18(26)11-29-24(27)23-12-28-19-5-3-4-6-21(19)32-23/h3-10,23H,11-13H2,1-2H3. The number of ketones is 1. The zero-order chi connectivity index (χ0) is 22.2. The van der Waals surface area contributed by atoms with Crippen LogP contribution in [0.15, 0.2) is 48.5 Å². The highest BCUT2D eigenvalue weighted by atomic mass is 16.7. The number of carbonyl (C=O) groups is 2. The van der Waals surface area contributed by atoms with Crippen LogP contribution in [0, 0.1) is 13.8 Å². The molecule has 0 N–H and O–H groups in total. The number of para-hydroxylation sites is 2. The maximum absolute atomic E-state index is 12.8. The van der Waals surface area contributed by atoms with Gasteiger partial charge in [0.2, 0.25) is 18.7 Å². The van der Waals surface area contributed by atoms with Crippen LogP contribution in [0.1, 0.15) is 21.7 Å². The first-order chi connectivity index (χ1) is 15.5. The number of carbonyl (C=O) groups excluding carboxylic acids is 2.